The Morgan fingerprint density at radius 2 is 2.29 bits per heavy atom. The normalized spacial score (nSPS) is 22.0. The third-order valence-electron chi connectivity index (χ3n) is 4.39. The van der Waals surface area contributed by atoms with Crippen LogP contribution in [0.15, 0.2) is 36.8 Å². The minimum Gasteiger partial charge on any atom is -0.488 e. The zero-order valence-corrected chi connectivity index (χ0v) is 13.3. The first-order chi connectivity index (χ1) is 11.8. The number of aromatic nitrogens is 2. The van der Waals surface area contributed by atoms with Crippen LogP contribution in [-0.2, 0) is 16.0 Å². The molecule has 1 fully saturated rings. The van der Waals surface area contributed by atoms with Gasteiger partial charge in [0.05, 0.1) is 18.4 Å². The third kappa shape index (κ3) is 3.10. The third-order valence-corrected chi connectivity index (χ3v) is 4.39. The maximum absolute atomic E-state index is 12.0. The van der Waals surface area contributed by atoms with E-state index >= 15 is 0 Å². The van der Waals surface area contributed by atoms with Crippen molar-refractivity contribution in [3.8, 4) is 17.0 Å². The van der Waals surface area contributed by atoms with Gasteiger partial charge in [-0.3, -0.25) is 14.8 Å². The average molecular weight is 325 g/mol. The van der Waals surface area contributed by atoms with Crippen LogP contribution in [0.5, 0.6) is 5.75 Å². The number of rotatable bonds is 4. The van der Waals surface area contributed by atoms with Crippen LogP contribution in [0, 0.1) is 0 Å². The molecule has 0 bridgehead atoms. The van der Waals surface area contributed by atoms with E-state index < -0.39 is 0 Å². The number of hydrogen-bond donors (Lipinski definition) is 1. The van der Waals surface area contributed by atoms with Crippen molar-refractivity contribution < 1.29 is 14.3 Å². The second kappa shape index (κ2) is 6.57. The van der Waals surface area contributed by atoms with Gasteiger partial charge in [-0.1, -0.05) is 0 Å². The van der Waals surface area contributed by atoms with Crippen molar-refractivity contribution in [3.05, 3.63) is 42.4 Å². The van der Waals surface area contributed by atoms with Gasteiger partial charge >= 0.3 is 0 Å². The van der Waals surface area contributed by atoms with E-state index in [-0.39, 0.29) is 18.1 Å². The fourth-order valence-electron chi connectivity index (χ4n) is 3.15. The lowest BCUT2D eigenvalue weighted by molar-refractivity contribution is -0.130. The highest BCUT2D eigenvalue weighted by molar-refractivity contribution is 5.81. The number of ether oxygens (including phenoxy) is 2. The van der Waals surface area contributed by atoms with Gasteiger partial charge < -0.3 is 14.8 Å². The molecule has 1 aromatic heterocycles. The molecule has 6 heteroatoms. The molecule has 24 heavy (non-hydrogen) atoms. The molecule has 0 spiro atoms. The molecule has 0 saturated carbocycles. The van der Waals surface area contributed by atoms with Gasteiger partial charge in [0, 0.05) is 31.0 Å². The monoisotopic (exact) mass is 325 g/mol. The molecule has 2 atom stereocenters. The second-order valence-electron chi connectivity index (χ2n) is 6.10. The van der Waals surface area contributed by atoms with Crippen molar-refractivity contribution >= 4 is 5.91 Å². The summed E-state index contributed by atoms with van der Waals surface area (Å²) in [6.07, 6.45) is 7.29. The summed E-state index contributed by atoms with van der Waals surface area (Å²) >= 11 is 0. The lowest BCUT2D eigenvalue weighted by Gasteiger charge is -2.14. The molecule has 2 aromatic rings. The Labute approximate surface area is 140 Å². The second-order valence-corrected chi connectivity index (χ2v) is 6.10. The van der Waals surface area contributed by atoms with Crippen LogP contribution >= 0.6 is 0 Å². The molecule has 1 saturated heterocycles. The molecule has 0 radical (unpaired) electrons. The lowest BCUT2D eigenvalue weighted by atomic mass is 10.0. The molecule has 1 amide bonds. The summed E-state index contributed by atoms with van der Waals surface area (Å²) in [6, 6.07) is 6.03. The number of nitrogens with zero attached hydrogens (tertiary/aromatic N) is 2. The van der Waals surface area contributed by atoms with E-state index in [1.165, 1.54) is 0 Å². The van der Waals surface area contributed by atoms with Gasteiger partial charge in [-0.05, 0) is 36.6 Å². The van der Waals surface area contributed by atoms with E-state index in [0.29, 0.717) is 13.2 Å². The van der Waals surface area contributed by atoms with Gasteiger partial charge in [0.25, 0.3) is 0 Å². The number of carbonyl (C=O) groups is 1. The van der Waals surface area contributed by atoms with Gasteiger partial charge in [-0.25, -0.2) is 0 Å². The minimum absolute atomic E-state index is 0.0349. The predicted molar refractivity (Wildman–Crippen MR) is 87.6 cm³/mol. The quantitative estimate of drug-likeness (QED) is 0.927. The summed E-state index contributed by atoms with van der Waals surface area (Å²) in [5.74, 6) is 0.839. The number of carbonyl (C=O) groups excluding carboxylic acids is 1. The molecular formula is C18H19N3O3. The Hall–Kier alpha value is -2.47. The summed E-state index contributed by atoms with van der Waals surface area (Å²) in [5, 5.41) is 2.94. The van der Waals surface area contributed by atoms with Crippen molar-refractivity contribution in [2.75, 3.05) is 13.2 Å². The van der Waals surface area contributed by atoms with Crippen molar-refractivity contribution in [2.45, 2.75) is 31.5 Å². The van der Waals surface area contributed by atoms with Crippen LogP contribution in [0.3, 0.4) is 0 Å². The zero-order chi connectivity index (χ0) is 16.4. The van der Waals surface area contributed by atoms with E-state index in [2.05, 4.69) is 21.4 Å². The van der Waals surface area contributed by atoms with Crippen LogP contribution in [-0.4, -0.2) is 41.2 Å². The predicted octanol–water partition coefficient (Wildman–Crippen LogP) is 1.74. The van der Waals surface area contributed by atoms with Gasteiger partial charge in [0.1, 0.15) is 18.0 Å². The van der Waals surface area contributed by atoms with Crippen LogP contribution in [0.1, 0.15) is 18.4 Å². The summed E-state index contributed by atoms with van der Waals surface area (Å²) < 4.78 is 11.3. The molecule has 0 unspecified atom stereocenters. The summed E-state index contributed by atoms with van der Waals surface area (Å²) in [4.78, 5) is 20.4. The van der Waals surface area contributed by atoms with E-state index in [9.17, 15) is 4.79 Å². The maximum atomic E-state index is 12.0. The minimum atomic E-state index is -0.294. The van der Waals surface area contributed by atoms with Crippen molar-refractivity contribution in [1.29, 1.82) is 0 Å². The van der Waals surface area contributed by atoms with Crippen LogP contribution in [0.4, 0.5) is 0 Å². The lowest BCUT2D eigenvalue weighted by Crippen LogP contribution is -2.40. The fourth-order valence-corrected chi connectivity index (χ4v) is 3.15. The number of hydrogen-bond acceptors (Lipinski definition) is 5. The van der Waals surface area contributed by atoms with Crippen LogP contribution < -0.4 is 10.1 Å². The largest absolute Gasteiger partial charge is 0.488 e. The summed E-state index contributed by atoms with van der Waals surface area (Å²) in [5.41, 5.74) is 3.00. The molecule has 0 aliphatic carbocycles. The number of nitrogens with one attached hydrogen (secondary N) is 1. The van der Waals surface area contributed by atoms with Crippen molar-refractivity contribution in [3.63, 3.8) is 0 Å². The molecule has 2 aliphatic heterocycles. The molecule has 3 heterocycles. The Kier molecular flexibility index (Phi) is 4.13. The first-order valence-electron chi connectivity index (χ1n) is 8.25. The molecular weight excluding hydrogens is 306 g/mol. The van der Waals surface area contributed by atoms with Crippen LogP contribution in [0.25, 0.3) is 11.3 Å². The molecule has 1 N–H and O–H groups in total. The van der Waals surface area contributed by atoms with Crippen molar-refractivity contribution in [2.24, 2.45) is 0 Å². The Morgan fingerprint density at radius 3 is 3.08 bits per heavy atom. The highest BCUT2D eigenvalue weighted by Crippen LogP contribution is 2.32. The van der Waals surface area contributed by atoms with Gasteiger partial charge in [0.2, 0.25) is 5.91 Å². The van der Waals surface area contributed by atoms with Crippen LogP contribution in [0.2, 0.25) is 0 Å². The van der Waals surface area contributed by atoms with E-state index in [0.717, 1.165) is 41.8 Å². The molecule has 1 aromatic carbocycles. The SMILES string of the molecule is O=C(NC[C@H]1Cc2cc(-c3cnccn3)ccc2O1)[C@H]1CCCO1. The van der Waals surface area contributed by atoms with E-state index in [1.807, 2.05) is 12.1 Å². The smallest absolute Gasteiger partial charge is 0.249 e. The van der Waals surface area contributed by atoms with Crippen molar-refractivity contribution in [1.82, 2.24) is 15.3 Å². The summed E-state index contributed by atoms with van der Waals surface area (Å²) in [7, 11) is 0. The Balaban J connectivity index is 1.38. The molecule has 124 valence electrons. The van der Waals surface area contributed by atoms with E-state index in [4.69, 9.17) is 9.47 Å². The van der Waals surface area contributed by atoms with Gasteiger partial charge in [0.15, 0.2) is 0 Å². The highest BCUT2D eigenvalue weighted by atomic mass is 16.5. The average Bonchev–Trinajstić information content (AvgIpc) is 3.29. The number of benzene rings is 1. The zero-order valence-electron chi connectivity index (χ0n) is 13.3. The highest BCUT2D eigenvalue weighted by Gasteiger charge is 2.27. The first-order valence-corrected chi connectivity index (χ1v) is 8.25. The molecule has 4 rings (SSSR count). The molecule has 6 nitrogen and oxygen atoms in total. The first kappa shape index (κ1) is 15.1. The maximum Gasteiger partial charge on any atom is 0.249 e. The van der Waals surface area contributed by atoms with Gasteiger partial charge in [-0.2, -0.15) is 0 Å². The number of amides is 1. The van der Waals surface area contributed by atoms with Gasteiger partial charge in [-0.15, -0.1) is 0 Å². The van der Waals surface area contributed by atoms with E-state index in [1.54, 1.807) is 18.6 Å². The Bertz CT molecular complexity index is 730. The Morgan fingerprint density at radius 1 is 1.33 bits per heavy atom. The summed E-state index contributed by atoms with van der Waals surface area (Å²) in [6.45, 7) is 1.17. The number of fused-ring (bicyclic) bond motifs is 1. The standard InChI is InChI=1S/C18H19N3O3/c22-18(17-2-1-7-23-17)21-10-14-9-13-8-12(3-4-16(13)24-14)15-11-19-5-6-20-15/h3-6,8,11,14,17H,1-2,7,9-10H2,(H,21,22)/t14-,17-/m1/s1. The fraction of sp³-hybridized carbons (Fsp3) is 0.389. The molecule has 2 aliphatic rings. The topological polar surface area (TPSA) is 73.3 Å².